The van der Waals surface area contributed by atoms with E-state index in [1.54, 1.807) is 0 Å². The van der Waals surface area contributed by atoms with Crippen LogP contribution in [-0.4, -0.2) is 59.4 Å². The molecule has 0 bridgehead atoms. The second kappa shape index (κ2) is 24.5. The van der Waals surface area contributed by atoms with Gasteiger partial charge in [0.1, 0.15) is 0 Å². The van der Waals surface area contributed by atoms with Crippen molar-refractivity contribution < 1.29 is 62.2 Å². The predicted molar refractivity (Wildman–Crippen MR) is 17.3 cm³/mol. The van der Waals surface area contributed by atoms with E-state index in [-0.39, 0.29) is 122 Å². The van der Waals surface area contributed by atoms with Crippen LogP contribution in [0.5, 0.6) is 0 Å². The minimum atomic E-state index is 0. The van der Waals surface area contributed by atoms with Crippen molar-refractivity contribution >= 4 is 59.4 Å². The van der Waals surface area contributed by atoms with Crippen molar-refractivity contribution in [2.24, 2.45) is 0 Å². The molecule has 0 amide bonds. The van der Waals surface area contributed by atoms with E-state index in [4.69, 9.17) is 0 Å². The van der Waals surface area contributed by atoms with Crippen LogP contribution >= 0.6 is 0 Å². The smallest absolute Gasteiger partial charge is 0 e. The molecule has 0 aliphatic carbocycles. The van der Waals surface area contributed by atoms with Crippen molar-refractivity contribution in [2.45, 2.75) is 0 Å². The van der Waals surface area contributed by atoms with E-state index in [9.17, 15) is 0 Å². The molecule has 0 saturated carbocycles. The van der Waals surface area contributed by atoms with Crippen molar-refractivity contribution in [1.82, 2.24) is 0 Å². The third-order valence-corrected chi connectivity index (χ3v) is 0. The van der Waals surface area contributed by atoms with Crippen LogP contribution in [-0.2, 0) is 0 Å². The molecule has 0 aromatic carbocycles. The Morgan fingerprint density at radius 1 is 0.400 bits per heavy atom. The first-order chi connectivity index (χ1) is 0. The maximum absolute atomic E-state index is 0. The zero-order valence-corrected chi connectivity index (χ0v) is 18.3. The molecule has 0 aliphatic heterocycles. The van der Waals surface area contributed by atoms with Crippen molar-refractivity contribution in [3.63, 3.8) is 0 Å². The van der Waals surface area contributed by atoms with Gasteiger partial charge in [-0.05, 0) is 0 Å². The first-order valence-electron chi connectivity index (χ1n) is 0. The summed E-state index contributed by atoms with van der Waals surface area (Å²) in [5.41, 5.74) is 0. The van der Waals surface area contributed by atoms with Gasteiger partial charge >= 0.3 is 0 Å². The van der Waals surface area contributed by atoms with Crippen LogP contribution in [0.25, 0.3) is 0 Å². The van der Waals surface area contributed by atoms with Crippen LogP contribution in [0.15, 0.2) is 0 Å². The summed E-state index contributed by atoms with van der Waals surface area (Å²) < 4.78 is 0. The van der Waals surface area contributed by atoms with Gasteiger partial charge in [0.05, 0.1) is 0 Å². The molecule has 0 fully saturated rings. The molecule has 0 saturated heterocycles. The predicted octanol–water partition coefficient (Wildman–Crippen LogP) is -1.14. The topological polar surface area (TPSA) is 0 Å². The third kappa shape index (κ3) is 18.0. The minimum absolute atomic E-state index is 0. The average Bonchev–Trinajstić information content (AvgIpc) is 0. The molecule has 9 radical (unpaired) electrons. The molecule has 0 heterocycles. The van der Waals surface area contributed by atoms with E-state index < -0.39 is 0 Å². The van der Waals surface area contributed by atoms with Gasteiger partial charge in [-0.1, -0.05) is 0 Å². The Bertz CT molecular complexity index is 4.85. The Hall–Kier alpha value is 4.01. The molecule has 0 N–H and O–H groups in total. The molecule has 0 unspecified atom stereocenters. The van der Waals surface area contributed by atoms with Gasteiger partial charge in [0.15, 0.2) is 0 Å². The van der Waals surface area contributed by atoms with Crippen LogP contribution in [0.4, 0.5) is 0 Å². The molecular weight excluding hydrogens is 685 g/mol. The molecule has 0 aliphatic rings. The van der Waals surface area contributed by atoms with Gasteiger partial charge in [-0.15, -0.1) is 0 Å². The van der Waals surface area contributed by atoms with Crippen molar-refractivity contribution in [3.8, 4) is 0 Å². The first kappa shape index (κ1) is 35.9. The van der Waals surface area contributed by atoms with Gasteiger partial charge in [-0.3, -0.25) is 0 Å². The third-order valence-electron chi connectivity index (χ3n) is 0. The van der Waals surface area contributed by atoms with E-state index in [0.717, 1.165) is 0 Å². The Balaban J connectivity index is 0. The summed E-state index contributed by atoms with van der Waals surface area (Å²) in [6, 6.07) is 0. The van der Waals surface area contributed by atoms with E-state index in [2.05, 4.69) is 0 Å². The first-order valence-corrected chi connectivity index (χ1v) is 0. The molecule has 0 aromatic rings. The van der Waals surface area contributed by atoms with E-state index in [1.165, 1.54) is 0 Å². The fourth-order valence-electron chi connectivity index (χ4n) is 0. The standard InChI is InChI=1S/3Ga.2U. The van der Waals surface area contributed by atoms with Gasteiger partial charge < -0.3 is 0 Å². The normalized spacial score (nSPS) is 0. The van der Waals surface area contributed by atoms with Gasteiger partial charge in [-0.2, -0.15) is 0 Å². The second-order valence-corrected chi connectivity index (χ2v) is 0. The molecule has 5 heavy (non-hydrogen) atoms. The van der Waals surface area contributed by atoms with Crippen LogP contribution < -0.4 is 0 Å². The van der Waals surface area contributed by atoms with Crippen LogP contribution in [0.3, 0.4) is 0 Å². The molecule has 0 rings (SSSR count). The number of rotatable bonds is 0. The second-order valence-electron chi connectivity index (χ2n) is 0. The van der Waals surface area contributed by atoms with E-state index in [0.29, 0.717) is 0 Å². The largest absolute Gasteiger partial charge is 0 e. The summed E-state index contributed by atoms with van der Waals surface area (Å²) in [4.78, 5) is 0. The molecule has 0 aromatic heterocycles. The Morgan fingerprint density at radius 3 is 0.400 bits per heavy atom. The van der Waals surface area contributed by atoms with Crippen molar-refractivity contribution in [2.75, 3.05) is 0 Å². The molecule has 0 atom stereocenters. The Kier molecular flexibility index (Phi) is 176. The van der Waals surface area contributed by atoms with Gasteiger partial charge in [0.2, 0.25) is 0 Å². The summed E-state index contributed by atoms with van der Waals surface area (Å²) in [5.74, 6) is 0. The average molecular weight is 685 g/mol. The molecule has 5 heteroatoms. The zero-order valence-electron chi connectivity index (χ0n) is 2.73. The SMILES string of the molecule is [Ga].[Ga].[Ga].[U].[U]. The summed E-state index contributed by atoms with van der Waals surface area (Å²) in [7, 11) is 0. The van der Waals surface area contributed by atoms with Gasteiger partial charge in [-0.25, -0.2) is 0 Å². The fourth-order valence-corrected chi connectivity index (χ4v) is 0. The molecule has 0 nitrogen and oxygen atoms in total. The zero-order chi connectivity index (χ0) is 0. The van der Waals surface area contributed by atoms with Gasteiger partial charge in [0, 0.05) is 122 Å². The molecule has 17 valence electrons. The van der Waals surface area contributed by atoms with Crippen LogP contribution in [0.1, 0.15) is 0 Å². The van der Waals surface area contributed by atoms with Crippen molar-refractivity contribution in [3.05, 3.63) is 0 Å². The van der Waals surface area contributed by atoms with Crippen molar-refractivity contribution in [1.29, 1.82) is 0 Å². The number of hydrogen-bond donors (Lipinski definition) is 0. The van der Waals surface area contributed by atoms with Crippen LogP contribution in [0.2, 0.25) is 0 Å². The van der Waals surface area contributed by atoms with Gasteiger partial charge in [0.25, 0.3) is 0 Å². The monoisotopic (exact) mass is 683 g/mol. The summed E-state index contributed by atoms with van der Waals surface area (Å²) >= 11 is 0. The summed E-state index contributed by atoms with van der Waals surface area (Å²) in [6.07, 6.45) is 0. The summed E-state index contributed by atoms with van der Waals surface area (Å²) in [6.45, 7) is 0. The van der Waals surface area contributed by atoms with Crippen LogP contribution in [0, 0.1) is 62.2 Å². The molecule has 0 spiro atoms. The quantitative estimate of drug-likeness (QED) is 0.284. The van der Waals surface area contributed by atoms with E-state index >= 15 is 0 Å². The fraction of sp³-hybridized carbons (Fsp3) is 0. The number of hydrogen-bond acceptors (Lipinski definition) is 0. The Labute approximate surface area is 119 Å². The maximum atomic E-state index is 0. The Morgan fingerprint density at radius 2 is 0.400 bits per heavy atom. The minimum Gasteiger partial charge on any atom is 0 e. The molecular formula is Ga3U2. The summed E-state index contributed by atoms with van der Waals surface area (Å²) in [5, 5.41) is 0. The van der Waals surface area contributed by atoms with E-state index in [1.807, 2.05) is 0 Å². The maximum Gasteiger partial charge on any atom is 0 e.